The second-order valence-electron chi connectivity index (χ2n) is 6.57. The number of aliphatic carboxylic acids is 1. The molecule has 1 aromatic carbocycles. The Morgan fingerprint density at radius 2 is 2.15 bits per heavy atom. The molecule has 1 unspecified atom stereocenters. The second-order valence-corrected chi connectivity index (χ2v) is 6.57. The Bertz CT molecular complexity index is 845. The van der Waals surface area contributed by atoms with Crippen molar-refractivity contribution in [3.63, 3.8) is 0 Å². The summed E-state index contributed by atoms with van der Waals surface area (Å²) in [5.41, 5.74) is -0.745. The van der Waals surface area contributed by atoms with Crippen LogP contribution in [0.1, 0.15) is 23.3 Å². The van der Waals surface area contributed by atoms with Crippen molar-refractivity contribution in [1.82, 2.24) is 9.88 Å². The van der Waals surface area contributed by atoms with Crippen molar-refractivity contribution in [2.75, 3.05) is 33.9 Å². The fourth-order valence-electron chi connectivity index (χ4n) is 3.56. The molecule has 0 spiro atoms. The van der Waals surface area contributed by atoms with E-state index in [1.807, 2.05) is 0 Å². The van der Waals surface area contributed by atoms with Crippen LogP contribution < -0.4 is 4.74 Å². The third-order valence-corrected chi connectivity index (χ3v) is 4.89. The van der Waals surface area contributed by atoms with Gasteiger partial charge in [-0.05, 0) is 31.0 Å². The molecular weight excluding hydrogens is 343 g/mol. The number of benzene rings is 1. The number of fused-ring (bicyclic) bond motifs is 1. The topological polar surface area (TPSA) is 91.9 Å². The molecule has 1 aromatic heterocycles. The van der Waals surface area contributed by atoms with Crippen LogP contribution in [-0.2, 0) is 9.53 Å². The van der Waals surface area contributed by atoms with E-state index in [9.17, 15) is 19.1 Å². The quantitative estimate of drug-likeness (QED) is 0.849. The predicted octanol–water partition coefficient (Wildman–Crippen LogP) is 2.27. The van der Waals surface area contributed by atoms with Crippen LogP contribution in [0.2, 0.25) is 0 Å². The van der Waals surface area contributed by atoms with Crippen LogP contribution in [0.4, 0.5) is 4.39 Å². The second kappa shape index (κ2) is 6.95. The SMILES string of the molecule is COCC1(C(=O)O)CCCN(C(=O)c2cc3c(OC)ccc(F)c3[nH]2)C1. The number of carbonyl (C=O) groups excluding carboxylic acids is 1. The Labute approximate surface area is 149 Å². The molecule has 0 aliphatic carbocycles. The fraction of sp³-hybridized carbons (Fsp3) is 0.444. The minimum absolute atomic E-state index is 0.0290. The number of carbonyl (C=O) groups is 2. The monoisotopic (exact) mass is 364 g/mol. The maximum Gasteiger partial charge on any atom is 0.313 e. The van der Waals surface area contributed by atoms with Gasteiger partial charge in [-0.25, -0.2) is 4.39 Å². The summed E-state index contributed by atoms with van der Waals surface area (Å²) in [6.45, 7) is 0.512. The van der Waals surface area contributed by atoms with Crippen LogP contribution >= 0.6 is 0 Å². The molecule has 0 bridgehead atoms. The zero-order valence-corrected chi connectivity index (χ0v) is 14.7. The van der Waals surface area contributed by atoms with Crippen LogP contribution in [0.5, 0.6) is 5.75 Å². The number of nitrogens with one attached hydrogen (secondary N) is 1. The summed E-state index contributed by atoms with van der Waals surface area (Å²) in [5, 5.41) is 10.1. The minimum Gasteiger partial charge on any atom is -0.496 e. The fourth-order valence-corrected chi connectivity index (χ4v) is 3.56. The van der Waals surface area contributed by atoms with Gasteiger partial charge in [0.2, 0.25) is 0 Å². The lowest BCUT2D eigenvalue weighted by atomic mass is 9.80. The average Bonchev–Trinajstić information content (AvgIpc) is 3.08. The van der Waals surface area contributed by atoms with E-state index >= 15 is 0 Å². The zero-order valence-electron chi connectivity index (χ0n) is 14.7. The normalized spacial score (nSPS) is 20.3. The van der Waals surface area contributed by atoms with Gasteiger partial charge in [0.05, 0.1) is 19.2 Å². The molecule has 7 nitrogen and oxygen atoms in total. The van der Waals surface area contributed by atoms with E-state index in [1.54, 1.807) is 0 Å². The lowest BCUT2D eigenvalue weighted by molar-refractivity contribution is -0.155. The molecular formula is C18H21FN2O5. The van der Waals surface area contributed by atoms with Gasteiger partial charge in [0, 0.05) is 25.6 Å². The Kier molecular flexibility index (Phi) is 4.86. The molecule has 8 heteroatoms. The Hall–Kier alpha value is -2.61. The molecule has 26 heavy (non-hydrogen) atoms. The summed E-state index contributed by atoms with van der Waals surface area (Å²) >= 11 is 0. The van der Waals surface area contributed by atoms with Gasteiger partial charge in [0.1, 0.15) is 22.7 Å². The smallest absolute Gasteiger partial charge is 0.313 e. The standard InChI is InChI=1S/C18H21FN2O5/c1-25-10-18(17(23)24)6-3-7-21(9-18)16(22)13-8-11-14(26-2)5-4-12(19)15(11)20-13/h4-5,8,20H,3,6-7,9-10H2,1-2H3,(H,23,24). The number of nitrogens with zero attached hydrogens (tertiary/aromatic N) is 1. The average molecular weight is 364 g/mol. The van der Waals surface area contributed by atoms with Crippen molar-refractivity contribution in [1.29, 1.82) is 0 Å². The predicted molar refractivity (Wildman–Crippen MR) is 91.9 cm³/mol. The first kappa shape index (κ1) is 18.2. The first-order valence-electron chi connectivity index (χ1n) is 8.28. The van der Waals surface area contributed by atoms with E-state index in [1.165, 1.54) is 37.3 Å². The molecule has 0 radical (unpaired) electrons. The Balaban J connectivity index is 1.93. The van der Waals surface area contributed by atoms with Crippen molar-refractivity contribution < 1.29 is 28.6 Å². The van der Waals surface area contributed by atoms with Gasteiger partial charge in [-0.3, -0.25) is 9.59 Å². The van der Waals surface area contributed by atoms with Crippen LogP contribution in [0.3, 0.4) is 0 Å². The molecule has 1 aliphatic rings. The van der Waals surface area contributed by atoms with Crippen LogP contribution in [0.15, 0.2) is 18.2 Å². The van der Waals surface area contributed by atoms with Crippen molar-refractivity contribution in [2.45, 2.75) is 12.8 Å². The number of hydrogen-bond acceptors (Lipinski definition) is 4. The van der Waals surface area contributed by atoms with E-state index in [2.05, 4.69) is 4.98 Å². The first-order chi connectivity index (χ1) is 12.4. The lowest BCUT2D eigenvalue weighted by Gasteiger charge is -2.39. The van der Waals surface area contributed by atoms with Gasteiger partial charge in [-0.15, -0.1) is 0 Å². The van der Waals surface area contributed by atoms with Gasteiger partial charge in [0.25, 0.3) is 5.91 Å². The number of aromatic nitrogens is 1. The number of methoxy groups -OCH3 is 2. The lowest BCUT2D eigenvalue weighted by Crippen LogP contribution is -2.52. The molecule has 140 valence electrons. The highest BCUT2D eigenvalue weighted by molar-refractivity contribution is 6.00. The first-order valence-corrected chi connectivity index (χ1v) is 8.28. The molecule has 1 saturated heterocycles. The summed E-state index contributed by atoms with van der Waals surface area (Å²) in [6.07, 6.45) is 0.994. The highest BCUT2D eigenvalue weighted by atomic mass is 19.1. The number of hydrogen-bond donors (Lipinski definition) is 2. The van der Waals surface area contributed by atoms with Crippen LogP contribution in [-0.4, -0.2) is 60.8 Å². The number of carboxylic acids is 1. The van der Waals surface area contributed by atoms with Gasteiger partial charge in [-0.2, -0.15) is 0 Å². The van der Waals surface area contributed by atoms with Crippen molar-refractivity contribution in [3.8, 4) is 5.75 Å². The molecule has 1 amide bonds. The van der Waals surface area contributed by atoms with Crippen LogP contribution in [0, 0.1) is 11.2 Å². The number of ether oxygens (including phenoxy) is 2. The molecule has 2 heterocycles. The third kappa shape index (κ3) is 3.01. The van der Waals surface area contributed by atoms with Crippen molar-refractivity contribution >= 4 is 22.8 Å². The molecule has 2 N–H and O–H groups in total. The zero-order chi connectivity index (χ0) is 18.9. The molecule has 1 atom stereocenters. The Morgan fingerprint density at radius 1 is 1.38 bits per heavy atom. The number of piperidine rings is 1. The number of H-pyrrole nitrogens is 1. The van der Waals surface area contributed by atoms with E-state index in [0.717, 1.165) is 0 Å². The van der Waals surface area contributed by atoms with Crippen LogP contribution in [0.25, 0.3) is 10.9 Å². The number of rotatable bonds is 5. The van der Waals surface area contributed by atoms with E-state index < -0.39 is 17.2 Å². The summed E-state index contributed by atoms with van der Waals surface area (Å²) in [6, 6.07) is 4.29. The maximum atomic E-state index is 14.0. The third-order valence-electron chi connectivity index (χ3n) is 4.89. The molecule has 3 rings (SSSR count). The number of carboxylic acid groups (broad SMARTS) is 1. The van der Waals surface area contributed by atoms with E-state index in [4.69, 9.17) is 9.47 Å². The maximum absolute atomic E-state index is 14.0. The number of amides is 1. The van der Waals surface area contributed by atoms with Gasteiger partial charge in [0.15, 0.2) is 0 Å². The minimum atomic E-state index is -1.13. The highest BCUT2D eigenvalue weighted by Crippen LogP contribution is 2.33. The largest absolute Gasteiger partial charge is 0.496 e. The molecule has 1 fully saturated rings. The molecule has 2 aromatic rings. The highest BCUT2D eigenvalue weighted by Gasteiger charge is 2.44. The summed E-state index contributed by atoms with van der Waals surface area (Å²) in [4.78, 5) is 28.9. The van der Waals surface area contributed by atoms with Gasteiger partial charge >= 0.3 is 5.97 Å². The Morgan fingerprint density at radius 3 is 2.81 bits per heavy atom. The van der Waals surface area contributed by atoms with Gasteiger partial charge < -0.3 is 24.5 Å². The molecule has 0 saturated carbocycles. The van der Waals surface area contributed by atoms with Gasteiger partial charge in [-0.1, -0.05) is 0 Å². The van der Waals surface area contributed by atoms with Crippen molar-refractivity contribution in [2.24, 2.45) is 5.41 Å². The van der Waals surface area contributed by atoms with E-state index in [-0.39, 0.29) is 30.3 Å². The summed E-state index contributed by atoms with van der Waals surface area (Å²) in [7, 11) is 2.91. The number of aromatic amines is 1. The molecule has 1 aliphatic heterocycles. The number of halogens is 1. The van der Waals surface area contributed by atoms with E-state index in [0.29, 0.717) is 30.5 Å². The summed E-state index contributed by atoms with van der Waals surface area (Å²) in [5.74, 6) is -1.39. The van der Waals surface area contributed by atoms with Crippen molar-refractivity contribution in [3.05, 3.63) is 29.7 Å². The summed E-state index contributed by atoms with van der Waals surface area (Å²) < 4.78 is 24.3. The number of likely N-dealkylation sites (tertiary alicyclic amines) is 1.